The van der Waals surface area contributed by atoms with Gasteiger partial charge < -0.3 is 19.4 Å². The van der Waals surface area contributed by atoms with Crippen molar-refractivity contribution in [3.63, 3.8) is 0 Å². The Labute approximate surface area is 149 Å². The first-order chi connectivity index (χ1) is 12.6. The van der Waals surface area contributed by atoms with Crippen LogP contribution >= 0.6 is 0 Å². The summed E-state index contributed by atoms with van der Waals surface area (Å²) < 4.78 is 38.4. The zero-order valence-corrected chi connectivity index (χ0v) is 14.3. The summed E-state index contributed by atoms with van der Waals surface area (Å²) in [5.41, 5.74) is 1.20. The topological polar surface area (TPSA) is 67.4 Å². The summed E-state index contributed by atoms with van der Waals surface area (Å²) >= 11 is 0. The standard InChI is InChI=1S/C18H21F2N3O3/c19-12-1-2-14-15(7-12)22-17(21-14)10-26-16-9-23(8-13(16)20)18(24)11-3-5-25-6-4-11/h1-2,7,11,13,16H,3-6,8-10H2,(H,21,22). The summed E-state index contributed by atoms with van der Waals surface area (Å²) in [4.78, 5) is 21.3. The molecule has 2 saturated heterocycles. The Morgan fingerprint density at radius 2 is 2.15 bits per heavy atom. The van der Waals surface area contributed by atoms with Gasteiger partial charge in [0.2, 0.25) is 5.91 Å². The molecule has 1 N–H and O–H groups in total. The number of imidazole rings is 1. The smallest absolute Gasteiger partial charge is 0.226 e. The van der Waals surface area contributed by atoms with Gasteiger partial charge in [-0.1, -0.05) is 0 Å². The van der Waals surface area contributed by atoms with Gasteiger partial charge >= 0.3 is 0 Å². The van der Waals surface area contributed by atoms with Crippen LogP contribution in [0.5, 0.6) is 0 Å². The second kappa shape index (κ2) is 7.28. The average molecular weight is 365 g/mol. The molecule has 1 aromatic heterocycles. The van der Waals surface area contributed by atoms with Crippen LogP contribution in [-0.2, 0) is 20.9 Å². The highest BCUT2D eigenvalue weighted by Crippen LogP contribution is 2.24. The fourth-order valence-corrected chi connectivity index (χ4v) is 3.56. The van der Waals surface area contributed by atoms with Crippen molar-refractivity contribution >= 4 is 16.9 Å². The number of H-pyrrole nitrogens is 1. The molecule has 2 aliphatic heterocycles. The van der Waals surface area contributed by atoms with Crippen molar-refractivity contribution in [1.82, 2.24) is 14.9 Å². The number of amides is 1. The van der Waals surface area contributed by atoms with Gasteiger partial charge in [-0.15, -0.1) is 0 Å². The maximum Gasteiger partial charge on any atom is 0.226 e. The molecule has 1 aromatic carbocycles. The van der Waals surface area contributed by atoms with E-state index < -0.39 is 12.3 Å². The average Bonchev–Trinajstić information content (AvgIpc) is 3.22. The molecule has 2 atom stereocenters. The highest BCUT2D eigenvalue weighted by atomic mass is 19.1. The number of ether oxygens (including phenoxy) is 2. The van der Waals surface area contributed by atoms with E-state index in [-0.39, 0.29) is 37.3 Å². The molecule has 2 unspecified atom stereocenters. The number of alkyl halides is 1. The van der Waals surface area contributed by atoms with E-state index in [1.807, 2.05) is 0 Å². The van der Waals surface area contributed by atoms with E-state index in [4.69, 9.17) is 9.47 Å². The molecule has 2 aromatic rings. The molecule has 2 fully saturated rings. The number of hydrogen-bond acceptors (Lipinski definition) is 4. The number of aromatic nitrogens is 2. The number of nitrogens with zero attached hydrogens (tertiary/aromatic N) is 2. The number of carbonyl (C=O) groups is 1. The predicted molar refractivity (Wildman–Crippen MR) is 89.6 cm³/mol. The lowest BCUT2D eigenvalue weighted by Crippen LogP contribution is -2.37. The minimum absolute atomic E-state index is 0.0127. The predicted octanol–water partition coefficient (Wildman–Crippen LogP) is 2.19. The Hall–Kier alpha value is -2.06. The van der Waals surface area contributed by atoms with E-state index in [9.17, 15) is 13.6 Å². The van der Waals surface area contributed by atoms with Gasteiger partial charge in [0, 0.05) is 25.7 Å². The first-order valence-corrected chi connectivity index (χ1v) is 8.86. The molecule has 1 amide bonds. The normalized spacial score (nSPS) is 24.5. The largest absolute Gasteiger partial charge is 0.381 e. The third kappa shape index (κ3) is 3.57. The second-order valence-corrected chi connectivity index (χ2v) is 6.84. The number of hydrogen-bond donors (Lipinski definition) is 1. The Morgan fingerprint density at radius 3 is 2.96 bits per heavy atom. The van der Waals surface area contributed by atoms with E-state index in [0.717, 1.165) is 0 Å². The van der Waals surface area contributed by atoms with E-state index in [1.54, 1.807) is 11.0 Å². The second-order valence-electron chi connectivity index (χ2n) is 6.84. The fourth-order valence-electron chi connectivity index (χ4n) is 3.56. The quantitative estimate of drug-likeness (QED) is 0.902. The maximum atomic E-state index is 14.3. The van der Waals surface area contributed by atoms with Gasteiger partial charge in [-0.25, -0.2) is 13.8 Å². The lowest BCUT2D eigenvalue weighted by molar-refractivity contribution is -0.138. The van der Waals surface area contributed by atoms with Crippen molar-refractivity contribution in [2.45, 2.75) is 31.7 Å². The van der Waals surface area contributed by atoms with Crippen LogP contribution in [0, 0.1) is 11.7 Å². The van der Waals surface area contributed by atoms with Crippen LogP contribution in [0.1, 0.15) is 18.7 Å². The van der Waals surface area contributed by atoms with E-state index in [2.05, 4.69) is 9.97 Å². The summed E-state index contributed by atoms with van der Waals surface area (Å²) in [5, 5.41) is 0. The van der Waals surface area contributed by atoms with Crippen molar-refractivity contribution in [2.24, 2.45) is 5.92 Å². The molecule has 8 heteroatoms. The molecule has 0 aliphatic carbocycles. The van der Waals surface area contributed by atoms with Gasteiger partial charge in [0.05, 0.1) is 17.6 Å². The molecule has 4 rings (SSSR count). The molecule has 140 valence electrons. The van der Waals surface area contributed by atoms with Gasteiger partial charge in [-0.2, -0.15) is 0 Å². The number of benzene rings is 1. The van der Waals surface area contributed by atoms with Gasteiger partial charge in [-0.3, -0.25) is 4.79 Å². The van der Waals surface area contributed by atoms with Crippen LogP contribution in [-0.4, -0.2) is 59.4 Å². The Balaban J connectivity index is 1.35. The van der Waals surface area contributed by atoms with Crippen molar-refractivity contribution < 1.29 is 23.0 Å². The monoisotopic (exact) mass is 365 g/mol. The van der Waals surface area contributed by atoms with E-state index in [0.29, 0.717) is 42.9 Å². The van der Waals surface area contributed by atoms with Gasteiger partial charge in [0.15, 0.2) is 0 Å². The Kier molecular flexibility index (Phi) is 4.86. The maximum absolute atomic E-state index is 14.3. The first kappa shape index (κ1) is 17.4. The number of aromatic amines is 1. The number of nitrogens with one attached hydrogen (secondary N) is 1. The van der Waals surface area contributed by atoms with Crippen LogP contribution in [0.4, 0.5) is 8.78 Å². The molecule has 0 radical (unpaired) electrons. The van der Waals surface area contributed by atoms with Crippen molar-refractivity contribution in [3.8, 4) is 0 Å². The fraction of sp³-hybridized carbons (Fsp3) is 0.556. The number of halogens is 2. The molecule has 26 heavy (non-hydrogen) atoms. The third-order valence-electron chi connectivity index (χ3n) is 5.01. The molecule has 3 heterocycles. The van der Waals surface area contributed by atoms with Crippen LogP contribution in [0.2, 0.25) is 0 Å². The van der Waals surface area contributed by atoms with Crippen molar-refractivity contribution in [2.75, 3.05) is 26.3 Å². The molecule has 0 bridgehead atoms. The molecule has 6 nitrogen and oxygen atoms in total. The summed E-state index contributed by atoms with van der Waals surface area (Å²) in [6.45, 7) is 1.55. The van der Waals surface area contributed by atoms with E-state index in [1.165, 1.54) is 12.1 Å². The van der Waals surface area contributed by atoms with Crippen molar-refractivity contribution in [1.29, 1.82) is 0 Å². The molecule has 2 aliphatic rings. The summed E-state index contributed by atoms with van der Waals surface area (Å²) in [6.07, 6.45) is -0.523. The van der Waals surface area contributed by atoms with Crippen LogP contribution in [0.3, 0.4) is 0 Å². The van der Waals surface area contributed by atoms with Gasteiger partial charge in [0.25, 0.3) is 0 Å². The van der Waals surface area contributed by atoms with Gasteiger partial charge in [-0.05, 0) is 31.0 Å². The Morgan fingerprint density at radius 1 is 1.35 bits per heavy atom. The number of rotatable bonds is 4. The van der Waals surface area contributed by atoms with Gasteiger partial charge in [0.1, 0.15) is 30.5 Å². The third-order valence-corrected chi connectivity index (χ3v) is 5.01. The molecular formula is C18H21F2N3O3. The number of carbonyl (C=O) groups excluding carboxylic acids is 1. The van der Waals surface area contributed by atoms with Crippen LogP contribution < -0.4 is 0 Å². The lowest BCUT2D eigenvalue weighted by atomic mass is 9.99. The number of fused-ring (bicyclic) bond motifs is 1. The zero-order chi connectivity index (χ0) is 18.1. The SMILES string of the molecule is O=C(C1CCOCC1)N1CC(F)C(OCc2nc3ccc(F)cc3[nH]2)C1. The number of likely N-dealkylation sites (tertiary alicyclic amines) is 1. The van der Waals surface area contributed by atoms with E-state index >= 15 is 0 Å². The minimum Gasteiger partial charge on any atom is -0.381 e. The minimum atomic E-state index is -1.22. The lowest BCUT2D eigenvalue weighted by Gasteiger charge is -2.26. The molecular weight excluding hydrogens is 344 g/mol. The molecule has 0 spiro atoms. The highest BCUT2D eigenvalue weighted by Gasteiger charge is 2.38. The Bertz CT molecular complexity index is 791. The van der Waals surface area contributed by atoms with Crippen LogP contribution in [0.25, 0.3) is 11.0 Å². The van der Waals surface area contributed by atoms with Crippen LogP contribution in [0.15, 0.2) is 18.2 Å². The summed E-state index contributed by atoms with van der Waals surface area (Å²) in [5.74, 6) is 0.0590. The summed E-state index contributed by atoms with van der Waals surface area (Å²) in [6, 6.07) is 4.27. The highest BCUT2D eigenvalue weighted by molar-refractivity contribution is 5.79. The zero-order valence-electron chi connectivity index (χ0n) is 14.3. The first-order valence-electron chi connectivity index (χ1n) is 8.86. The van der Waals surface area contributed by atoms with Crippen molar-refractivity contribution in [3.05, 3.63) is 29.8 Å². The summed E-state index contributed by atoms with van der Waals surface area (Å²) in [7, 11) is 0. The molecule has 0 saturated carbocycles.